The maximum Gasteiger partial charge on any atom is 0.220 e. The van der Waals surface area contributed by atoms with Gasteiger partial charge >= 0.3 is 0 Å². The number of carbonyl (C=O) groups is 1. The van der Waals surface area contributed by atoms with Crippen LogP contribution in [0.5, 0.6) is 5.75 Å². The zero-order valence-electron chi connectivity index (χ0n) is 19.4. The highest BCUT2D eigenvalue weighted by Crippen LogP contribution is 2.24. The SMILES string of the molecule is CC(NC(=O)CCc1ccccc1)c1nc2ccccc2n1CCCCOc1ccccc1Cl. The van der Waals surface area contributed by atoms with Crippen LogP contribution >= 0.6 is 11.6 Å². The molecule has 1 heterocycles. The lowest BCUT2D eigenvalue weighted by molar-refractivity contribution is -0.121. The standard InChI is InChI=1S/C28H30ClN3O2/c1-21(30-27(33)18-17-22-11-3-2-4-12-22)28-31-24-14-6-7-15-25(24)32(28)19-9-10-20-34-26-16-8-5-13-23(26)29/h2-8,11-16,21H,9-10,17-20H2,1H3,(H,30,33). The van der Waals surface area contributed by atoms with Gasteiger partial charge < -0.3 is 14.6 Å². The van der Waals surface area contributed by atoms with Crippen molar-refractivity contribution in [2.75, 3.05) is 6.61 Å². The molecule has 4 aromatic rings. The summed E-state index contributed by atoms with van der Waals surface area (Å²) >= 11 is 6.17. The van der Waals surface area contributed by atoms with Gasteiger partial charge in [-0.05, 0) is 56.0 Å². The summed E-state index contributed by atoms with van der Waals surface area (Å²) in [7, 11) is 0. The molecule has 1 atom stereocenters. The number of nitrogens with zero attached hydrogens (tertiary/aromatic N) is 2. The Bertz CT molecular complexity index is 1220. The van der Waals surface area contributed by atoms with Crippen LogP contribution in [0.2, 0.25) is 5.02 Å². The summed E-state index contributed by atoms with van der Waals surface area (Å²) in [4.78, 5) is 17.5. The molecule has 0 aliphatic rings. The summed E-state index contributed by atoms with van der Waals surface area (Å²) in [5.74, 6) is 1.62. The predicted molar refractivity (Wildman–Crippen MR) is 137 cm³/mol. The number of fused-ring (bicyclic) bond motifs is 1. The number of rotatable bonds is 11. The Morgan fingerprint density at radius 3 is 2.56 bits per heavy atom. The van der Waals surface area contributed by atoms with E-state index in [-0.39, 0.29) is 11.9 Å². The molecule has 6 heteroatoms. The van der Waals surface area contributed by atoms with Crippen LogP contribution in [0.1, 0.15) is 43.6 Å². The maximum atomic E-state index is 12.6. The minimum Gasteiger partial charge on any atom is -0.492 e. The Balaban J connectivity index is 1.36. The molecule has 1 aromatic heterocycles. The Labute approximate surface area is 205 Å². The van der Waals surface area contributed by atoms with Crippen LogP contribution < -0.4 is 10.1 Å². The summed E-state index contributed by atoms with van der Waals surface area (Å²) < 4.78 is 8.04. The lowest BCUT2D eigenvalue weighted by Crippen LogP contribution is -2.29. The van der Waals surface area contributed by atoms with E-state index in [4.69, 9.17) is 21.3 Å². The van der Waals surface area contributed by atoms with E-state index in [2.05, 4.69) is 16.0 Å². The van der Waals surface area contributed by atoms with Crippen molar-refractivity contribution in [1.29, 1.82) is 0 Å². The van der Waals surface area contributed by atoms with Gasteiger partial charge in [0.15, 0.2) is 0 Å². The van der Waals surface area contributed by atoms with Crippen molar-refractivity contribution in [2.24, 2.45) is 0 Å². The maximum absolute atomic E-state index is 12.6. The molecule has 34 heavy (non-hydrogen) atoms. The summed E-state index contributed by atoms with van der Waals surface area (Å²) in [6.45, 7) is 3.39. The van der Waals surface area contributed by atoms with Crippen molar-refractivity contribution < 1.29 is 9.53 Å². The number of para-hydroxylation sites is 3. The van der Waals surface area contributed by atoms with E-state index >= 15 is 0 Å². The molecule has 5 nitrogen and oxygen atoms in total. The fraction of sp³-hybridized carbons (Fsp3) is 0.286. The first-order chi connectivity index (χ1) is 16.6. The van der Waals surface area contributed by atoms with Gasteiger partial charge in [0.05, 0.1) is 28.7 Å². The monoisotopic (exact) mass is 475 g/mol. The van der Waals surface area contributed by atoms with Gasteiger partial charge in [0.25, 0.3) is 0 Å². The fourth-order valence-electron chi connectivity index (χ4n) is 4.06. The Morgan fingerprint density at radius 1 is 1.00 bits per heavy atom. The quantitative estimate of drug-likeness (QED) is 0.257. The number of ether oxygens (including phenoxy) is 1. The molecule has 0 saturated carbocycles. The molecule has 4 rings (SSSR count). The van der Waals surface area contributed by atoms with E-state index in [1.54, 1.807) is 0 Å². The van der Waals surface area contributed by atoms with Crippen molar-refractivity contribution in [3.05, 3.63) is 95.3 Å². The average Bonchev–Trinajstić information content (AvgIpc) is 3.23. The van der Waals surface area contributed by atoms with Crippen molar-refractivity contribution in [2.45, 2.75) is 45.2 Å². The van der Waals surface area contributed by atoms with Crippen LogP contribution in [0.15, 0.2) is 78.9 Å². The molecular weight excluding hydrogens is 446 g/mol. The van der Waals surface area contributed by atoms with Crippen molar-refractivity contribution in [1.82, 2.24) is 14.9 Å². The van der Waals surface area contributed by atoms with Crippen molar-refractivity contribution in [3.8, 4) is 5.75 Å². The highest BCUT2D eigenvalue weighted by molar-refractivity contribution is 6.32. The number of aryl methyl sites for hydroxylation is 2. The third-order valence-electron chi connectivity index (χ3n) is 5.80. The van der Waals surface area contributed by atoms with Gasteiger partial charge in [0.1, 0.15) is 11.6 Å². The first-order valence-corrected chi connectivity index (χ1v) is 12.2. The number of nitrogens with one attached hydrogen (secondary N) is 1. The van der Waals surface area contributed by atoms with Crippen LogP contribution in [-0.4, -0.2) is 22.1 Å². The van der Waals surface area contributed by atoms with E-state index in [0.29, 0.717) is 23.8 Å². The third kappa shape index (κ3) is 6.17. The number of hydrogen-bond acceptors (Lipinski definition) is 3. The average molecular weight is 476 g/mol. The predicted octanol–water partition coefficient (Wildman–Crippen LogP) is 6.36. The molecule has 1 amide bonds. The number of unbranched alkanes of at least 4 members (excludes halogenated alkanes) is 1. The van der Waals surface area contributed by atoms with E-state index in [1.807, 2.05) is 79.7 Å². The third-order valence-corrected chi connectivity index (χ3v) is 6.11. The molecule has 0 saturated heterocycles. The zero-order chi connectivity index (χ0) is 23.8. The first kappa shape index (κ1) is 23.8. The van der Waals surface area contributed by atoms with Crippen molar-refractivity contribution >= 4 is 28.5 Å². The highest BCUT2D eigenvalue weighted by Gasteiger charge is 2.18. The van der Waals surface area contributed by atoms with Crippen LogP contribution in [-0.2, 0) is 17.8 Å². The molecule has 3 aromatic carbocycles. The molecule has 0 spiro atoms. The molecule has 0 fully saturated rings. The lowest BCUT2D eigenvalue weighted by Gasteiger charge is -2.17. The number of carbonyl (C=O) groups excluding carboxylic acids is 1. The molecule has 0 aliphatic carbocycles. The summed E-state index contributed by atoms with van der Waals surface area (Å²) in [5, 5.41) is 3.76. The summed E-state index contributed by atoms with van der Waals surface area (Å²) in [6.07, 6.45) is 2.98. The van der Waals surface area contributed by atoms with E-state index in [0.717, 1.165) is 48.2 Å². The molecule has 176 valence electrons. The van der Waals surface area contributed by atoms with Gasteiger partial charge in [0.2, 0.25) is 5.91 Å². The second-order valence-corrected chi connectivity index (χ2v) is 8.78. The second-order valence-electron chi connectivity index (χ2n) is 8.37. The number of imidazole rings is 1. The van der Waals surface area contributed by atoms with Crippen LogP contribution in [0.25, 0.3) is 11.0 Å². The summed E-state index contributed by atoms with van der Waals surface area (Å²) in [6, 6.07) is 25.5. The molecule has 0 bridgehead atoms. The second kappa shape index (κ2) is 11.7. The zero-order valence-corrected chi connectivity index (χ0v) is 20.2. The Hall–Kier alpha value is -3.31. The topological polar surface area (TPSA) is 56.2 Å². The lowest BCUT2D eigenvalue weighted by atomic mass is 10.1. The first-order valence-electron chi connectivity index (χ1n) is 11.8. The number of benzene rings is 3. The van der Waals surface area contributed by atoms with Gasteiger partial charge in [-0.2, -0.15) is 0 Å². The minimum absolute atomic E-state index is 0.0306. The van der Waals surface area contributed by atoms with Crippen LogP contribution in [0, 0.1) is 0 Å². The van der Waals surface area contributed by atoms with Crippen LogP contribution in [0.3, 0.4) is 0 Å². The highest BCUT2D eigenvalue weighted by atomic mass is 35.5. The molecule has 0 radical (unpaired) electrons. The number of halogens is 1. The van der Waals surface area contributed by atoms with E-state index in [9.17, 15) is 4.79 Å². The number of amides is 1. The Kier molecular flexibility index (Phi) is 8.21. The normalized spacial score (nSPS) is 11.9. The van der Waals surface area contributed by atoms with E-state index < -0.39 is 0 Å². The van der Waals surface area contributed by atoms with Gasteiger partial charge in [-0.1, -0.05) is 66.2 Å². The van der Waals surface area contributed by atoms with Gasteiger partial charge in [-0.3, -0.25) is 4.79 Å². The molecule has 1 N–H and O–H groups in total. The van der Waals surface area contributed by atoms with Gasteiger partial charge in [-0.25, -0.2) is 4.98 Å². The van der Waals surface area contributed by atoms with Crippen molar-refractivity contribution in [3.63, 3.8) is 0 Å². The molecule has 1 unspecified atom stereocenters. The minimum atomic E-state index is -0.185. The van der Waals surface area contributed by atoms with E-state index in [1.165, 1.54) is 0 Å². The smallest absolute Gasteiger partial charge is 0.220 e. The summed E-state index contributed by atoms with van der Waals surface area (Å²) in [5.41, 5.74) is 3.18. The fourth-order valence-corrected chi connectivity index (χ4v) is 4.25. The van der Waals surface area contributed by atoms with Crippen LogP contribution in [0.4, 0.5) is 0 Å². The number of aromatic nitrogens is 2. The van der Waals surface area contributed by atoms with Gasteiger partial charge in [-0.15, -0.1) is 0 Å². The molecule has 0 aliphatic heterocycles. The largest absolute Gasteiger partial charge is 0.492 e. The van der Waals surface area contributed by atoms with Gasteiger partial charge in [0, 0.05) is 13.0 Å². The number of hydrogen-bond donors (Lipinski definition) is 1. The molecular formula is C28H30ClN3O2. The Morgan fingerprint density at radius 2 is 1.74 bits per heavy atom.